The van der Waals surface area contributed by atoms with Crippen LogP contribution in [0.2, 0.25) is 0 Å². The van der Waals surface area contributed by atoms with Crippen LogP contribution in [0, 0.1) is 5.41 Å². The smallest absolute Gasteiger partial charge is 0.331 e. The number of Topliss-reactive ketones (excluding diaryl/α,β-unsaturated/α-hetero) is 1. The number of amides is 2. The van der Waals surface area contributed by atoms with Gasteiger partial charge in [0.2, 0.25) is 0 Å². The average Bonchev–Trinajstić information content (AvgIpc) is 2.34. The summed E-state index contributed by atoms with van der Waals surface area (Å²) < 4.78 is 37.6. The molecule has 2 amide bonds. The number of hydrogen-bond donors (Lipinski definition) is 2. The first-order valence-electron chi connectivity index (χ1n) is 6.25. The quantitative estimate of drug-likeness (QED) is 0.898. The first-order valence-corrected chi connectivity index (χ1v) is 6.25. The van der Waals surface area contributed by atoms with Crippen molar-refractivity contribution in [3.8, 4) is 0 Å². The van der Waals surface area contributed by atoms with E-state index in [-0.39, 0.29) is 18.0 Å². The van der Waals surface area contributed by atoms with Crippen molar-refractivity contribution >= 4 is 17.5 Å². The number of benzene rings is 1. The maximum absolute atomic E-state index is 12.5. The second-order valence-electron chi connectivity index (χ2n) is 5.56. The van der Waals surface area contributed by atoms with Crippen molar-refractivity contribution in [2.45, 2.75) is 26.9 Å². The van der Waals surface area contributed by atoms with Crippen molar-refractivity contribution in [3.63, 3.8) is 0 Å². The number of rotatable bonds is 3. The molecule has 0 bridgehead atoms. The van der Waals surface area contributed by atoms with Crippen LogP contribution < -0.4 is 10.6 Å². The first-order chi connectivity index (χ1) is 9.50. The Bertz CT molecular complexity index is 534. The third kappa shape index (κ3) is 5.45. The van der Waals surface area contributed by atoms with Gasteiger partial charge in [0.05, 0.1) is 12.1 Å². The monoisotopic (exact) mass is 302 g/mol. The standard InChI is InChI=1S/C14H17F3N2O2/c1-13(2,3)11(20)8-18-12(21)19-10-6-4-5-9(7-10)14(15,16)17/h4-7H,8H2,1-3H3,(H2,18,19,21). The summed E-state index contributed by atoms with van der Waals surface area (Å²) in [6.45, 7) is 4.94. The topological polar surface area (TPSA) is 58.2 Å². The van der Waals surface area contributed by atoms with E-state index in [1.165, 1.54) is 12.1 Å². The Kier molecular flexibility index (Phi) is 4.98. The van der Waals surface area contributed by atoms with Gasteiger partial charge in [-0.25, -0.2) is 4.79 Å². The lowest BCUT2D eigenvalue weighted by Crippen LogP contribution is -2.37. The Balaban J connectivity index is 2.62. The fourth-order valence-electron chi connectivity index (χ4n) is 1.37. The highest BCUT2D eigenvalue weighted by molar-refractivity contribution is 5.94. The molecule has 0 spiro atoms. The first kappa shape index (κ1) is 17.0. The van der Waals surface area contributed by atoms with Gasteiger partial charge >= 0.3 is 12.2 Å². The van der Waals surface area contributed by atoms with Gasteiger partial charge in [-0.3, -0.25) is 4.79 Å². The second-order valence-corrected chi connectivity index (χ2v) is 5.56. The van der Waals surface area contributed by atoms with E-state index < -0.39 is 23.2 Å². The Morgan fingerprint density at radius 1 is 1.14 bits per heavy atom. The van der Waals surface area contributed by atoms with Crippen molar-refractivity contribution in [1.82, 2.24) is 5.32 Å². The molecule has 0 fully saturated rings. The van der Waals surface area contributed by atoms with E-state index in [4.69, 9.17) is 0 Å². The molecule has 0 aliphatic heterocycles. The summed E-state index contributed by atoms with van der Waals surface area (Å²) in [5.74, 6) is -0.179. The molecule has 0 saturated heterocycles. The van der Waals surface area contributed by atoms with E-state index >= 15 is 0 Å². The zero-order valence-electron chi connectivity index (χ0n) is 12.0. The van der Waals surface area contributed by atoms with Crippen LogP contribution in [0.25, 0.3) is 0 Å². The molecule has 4 nitrogen and oxygen atoms in total. The number of alkyl halides is 3. The van der Waals surface area contributed by atoms with Gasteiger partial charge in [0.25, 0.3) is 0 Å². The van der Waals surface area contributed by atoms with Gasteiger partial charge in [-0.1, -0.05) is 26.8 Å². The fraction of sp³-hybridized carbons (Fsp3) is 0.429. The highest BCUT2D eigenvalue weighted by Crippen LogP contribution is 2.30. The molecule has 0 atom stereocenters. The molecule has 2 N–H and O–H groups in total. The highest BCUT2D eigenvalue weighted by Gasteiger charge is 2.30. The molecule has 0 aromatic heterocycles. The van der Waals surface area contributed by atoms with Crippen molar-refractivity contribution in [3.05, 3.63) is 29.8 Å². The summed E-state index contributed by atoms with van der Waals surface area (Å²) in [5.41, 5.74) is -1.44. The number of hydrogen-bond acceptors (Lipinski definition) is 2. The number of halogens is 3. The number of anilines is 1. The Morgan fingerprint density at radius 3 is 2.29 bits per heavy atom. The molecule has 0 heterocycles. The second kappa shape index (κ2) is 6.15. The molecule has 0 saturated carbocycles. The molecule has 7 heteroatoms. The van der Waals surface area contributed by atoms with Gasteiger partial charge in [-0.2, -0.15) is 13.2 Å². The normalized spacial score (nSPS) is 11.9. The number of ketones is 1. The molecular formula is C14H17F3N2O2. The van der Waals surface area contributed by atoms with E-state index in [1.54, 1.807) is 20.8 Å². The van der Waals surface area contributed by atoms with Gasteiger partial charge in [-0.15, -0.1) is 0 Å². The third-order valence-corrected chi connectivity index (χ3v) is 2.69. The van der Waals surface area contributed by atoms with E-state index in [0.29, 0.717) is 0 Å². The van der Waals surface area contributed by atoms with E-state index in [0.717, 1.165) is 12.1 Å². The number of carbonyl (C=O) groups excluding carboxylic acids is 2. The van der Waals surface area contributed by atoms with Gasteiger partial charge in [0, 0.05) is 11.1 Å². The minimum atomic E-state index is -4.48. The minimum absolute atomic E-state index is 0.00512. The van der Waals surface area contributed by atoms with Crippen LogP contribution in [0.1, 0.15) is 26.3 Å². The maximum Gasteiger partial charge on any atom is 0.416 e. The van der Waals surface area contributed by atoms with Crippen molar-refractivity contribution < 1.29 is 22.8 Å². The SMILES string of the molecule is CC(C)(C)C(=O)CNC(=O)Nc1cccc(C(F)(F)F)c1. The summed E-state index contributed by atoms with van der Waals surface area (Å²) in [6, 6.07) is 3.53. The molecule has 1 rings (SSSR count). The Labute approximate surface area is 120 Å². The van der Waals surface area contributed by atoms with Crippen molar-refractivity contribution in [2.75, 3.05) is 11.9 Å². The molecule has 1 aromatic rings. The zero-order chi connectivity index (χ0) is 16.3. The van der Waals surface area contributed by atoms with Crippen LogP contribution in [0.5, 0.6) is 0 Å². The molecular weight excluding hydrogens is 285 g/mol. The summed E-state index contributed by atoms with van der Waals surface area (Å²) in [6.07, 6.45) is -4.48. The van der Waals surface area contributed by atoms with E-state index in [1.807, 2.05) is 0 Å². The minimum Gasteiger partial charge on any atom is -0.331 e. The number of urea groups is 1. The summed E-state index contributed by atoms with van der Waals surface area (Å²) in [7, 11) is 0. The lowest BCUT2D eigenvalue weighted by Gasteiger charge is -2.17. The van der Waals surface area contributed by atoms with Crippen molar-refractivity contribution in [2.24, 2.45) is 5.41 Å². The van der Waals surface area contributed by atoms with Gasteiger partial charge in [-0.05, 0) is 18.2 Å². The van der Waals surface area contributed by atoms with Crippen LogP contribution in [0.4, 0.5) is 23.7 Å². The predicted molar refractivity (Wildman–Crippen MR) is 72.9 cm³/mol. The average molecular weight is 302 g/mol. The maximum atomic E-state index is 12.5. The number of carbonyl (C=O) groups is 2. The molecule has 0 aliphatic rings. The Morgan fingerprint density at radius 2 is 1.76 bits per heavy atom. The van der Waals surface area contributed by atoms with Crippen LogP contribution in [-0.4, -0.2) is 18.4 Å². The largest absolute Gasteiger partial charge is 0.416 e. The van der Waals surface area contributed by atoms with Gasteiger partial charge in [0.1, 0.15) is 0 Å². The van der Waals surface area contributed by atoms with Crippen LogP contribution >= 0.6 is 0 Å². The third-order valence-electron chi connectivity index (χ3n) is 2.69. The van der Waals surface area contributed by atoms with Gasteiger partial charge in [0.15, 0.2) is 5.78 Å². The fourth-order valence-corrected chi connectivity index (χ4v) is 1.37. The summed E-state index contributed by atoms with van der Waals surface area (Å²) in [4.78, 5) is 23.2. The Hall–Kier alpha value is -2.05. The molecule has 0 unspecified atom stereocenters. The van der Waals surface area contributed by atoms with Crippen LogP contribution in [0.3, 0.4) is 0 Å². The van der Waals surface area contributed by atoms with E-state index in [9.17, 15) is 22.8 Å². The van der Waals surface area contributed by atoms with Crippen molar-refractivity contribution in [1.29, 1.82) is 0 Å². The van der Waals surface area contributed by atoms with Crippen LogP contribution in [0.15, 0.2) is 24.3 Å². The molecule has 0 radical (unpaired) electrons. The van der Waals surface area contributed by atoms with E-state index in [2.05, 4.69) is 10.6 Å². The molecule has 1 aromatic carbocycles. The lowest BCUT2D eigenvalue weighted by molar-refractivity contribution is -0.137. The zero-order valence-corrected chi connectivity index (χ0v) is 12.0. The van der Waals surface area contributed by atoms with Gasteiger partial charge < -0.3 is 10.6 Å². The summed E-state index contributed by atoms with van der Waals surface area (Å²) in [5, 5.41) is 4.57. The molecule has 0 aliphatic carbocycles. The highest BCUT2D eigenvalue weighted by atomic mass is 19.4. The number of nitrogens with one attached hydrogen (secondary N) is 2. The summed E-state index contributed by atoms with van der Waals surface area (Å²) >= 11 is 0. The van der Waals surface area contributed by atoms with Crippen LogP contribution in [-0.2, 0) is 11.0 Å². The molecule has 21 heavy (non-hydrogen) atoms. The molecule has 116 valence electrons. The predicted octanol–water partition coefficient (Wildman–Crippen LogP) is 3.44. The lowest BCUT2D eigenvalue weighted by atomic mass is 9.91.